The molecule has 2 spiro atoms. The van der Waals surface area contributed by atoms with Crippen LogP contribution in [0.15, 0.2) is 6.20 Å². The number of halogens is 3. The van der Waals surface area contributed by atoms with E-state index in [9.17, 15) is 18.0 Å². The van der Waals surface area contributed by atoms with Crippen LogP contribution in [0.5, 0.6) is 0 Å². The molecule has 0 bridgehead atoms. The van der Waals surface area contributed by atoms with E-state index in [0.717, 1.165) is 68.4 Å². The number of nitrogens with zero attached hydrogens (tertiary/aromatic N) is 6. The van der Waals surface area contributed by atoms with Gasteiger partial charge in [-0.1, -0.05) is 0 Å². The average Bonchev–Trinajstić information content (AvgIpc) is 3.19. The third-order valence-corrected chi connectivity index (χ3v) is 9.07. The highest BCUT2D eigenvalue weighted by Crippen LogP contribution is 2.56. The third kappa shape index (κ3) is 3.35. The fourth-order valence-electron chi connectivity index (χ4n) is 6.46. The molecule has 3 aliphatic heterocycles. The summed E-state index contributed by atoms with van der Waals surface area (Å²) in [5, 5.41) is 7.49. The minimum atomic E-state index is -4.35. The van der Waals surface area contributed by atoms with E-state index in [4.69, 9.17) is 0 Å². The van der Waals surface area contributed by atoms with Crippen LogP contribution in [0.1, 0.15) is 59.6 Å². The largest absolute Gasteiger partial charge is 0.419 e. The number of nitrogens with one attached hydrogen (secondary N) is 1. The summed E-state index contributed by atoms with van der Waals surface area (Å²) >= 11 is 0.919. The van der Waals surface area contributed by atoms with Gasteiger partial charge in [-0.05, 0) is 37.2 Å². The SMILES string of the molecule is O=C(N1CC2(CC(c3nc(C4CC4)n[nH]3)C2)C1)N1CC2(CN(Cc3sncc3C(F)(F)F)C2)C1. The number of H-pyrrole nitrogens is 1. The Kier molecular flexibility index (Phi) is 4.30. The van der Waals surface area contributed by atoms with Crippen LogP contribution in [0, 0.1) is 10.8 Å². The first-order chi connectivity index (χ1) is 16.2. The molecule has 5 fully saturated rings. The van der Waals surface area contributed by atoms with Gasteiger partial charge in [0.1, 0.15) is 5.82 Å². The Bertz CT molecular complexity index is 1110. The molecule has 3 saturated heterocycles. The number of hydrogen-bond donors (Lipinski definition) is 1. The highest BCUT2D eigenvalue weighted by Gasteiger charge is 2.58. The average molecular weight is 494 g/mol. The molecule has 2 saturated carbocycles. The van der Waals surface area contributed by atoms with E-state index in [1.54, 1.807) is 0 Å². The van der Waals surface area contributed by atoms with Gasteiger partial charge < -0.3 is 9.80 Å². The molecule has 1 N–H and O–H groups in total. The first kappa shape index (κ1) is 21.1. The number of amides is 2. The molecule has 8 nitrogen and oxygen atoms in total. The molecular formula is C22H26F3N7OS. The summed E-state index contributed by atoms with van der Waals surface area (Å²) in [5.41, 5.74) is -0.331. The summed E-state index contributed by atoms with van der Waals surface area (Å²) in [4.78, 5) is 23.7. The zero-order chi connectivity index (χ0) is 23.3. The summed E-state index contributed by atoms with van der Waals surface area (Å²) < 4.78 is 42.9. The number of hydrogen-bond acceptors (Lipinski definition) is 6. The Balaban J connectivity index is 0.856. The summed E-state index contributed by atoms with van der Waals surface area (Å²) in [6.45, 7) is 4.77. The summed E-state index contributed by atoms with van der Waals surface area (Å²) in [7, 11) is 0. The lowest BCUT2D eigenvalue weighted by Gasteiger charge is -2.63. The third-order valence-electron chi connectivity index (χ3n) is 8.29. The van der Waals surface area contributed by atoms with Crippen molar-refractivity contribution in [2.45, 2.75) is 50.2 Å². The molecule has 34 heavy (non-hydrogen) atoms. The molecule has 5 aliphatic rings. The van der Waals surface area contributed by atoms with Crippen molar-refractivity contribution in [1.82, 2.24) is 34.3 Å². The second-order valence-corrected chi connectivity index (χ2v) is 12.1. The van der Waals surface area contributed by atoms with Crippen LogP contribution in [0.2, 0.25) is 0 Å². The summed E-state index contributed by atoms with van der Waals surface area (Å²) in [6.07, 6.45) is 1.08. The number of aromatic nitrogens is 4. The quantitative estimate of drug-likeness (QED) is 0.707. The maximum absolute atomic E-state index is 13.1. The Hall–Kier alpha value is -2.21. The van der Waals surface area contributed by atoms with Gasteiger partial charge in [-0.25, -0.2) is 14.2 Å². The van der Waals surface area contributed by atoms with Crippen molar-refractivity contribution in [3.63, 3.8) is 0 Å². The predicted molar refractivity (Wildman–Crippen MR) is 116 cm³/mol. The number of carbonyl (C=O) groups is 1. The molecular weight excluding hydrogens is 467 g/mol. The molecule has 12 heteroatoms. The molecule has 5 heterocycles. The van der Waals surface area contributed by atoms with E-state index in [0.29, 0.717) is 24.9 Å². The van der Waals surface area contributed by atoms with Crippen molar-refractivity contribution in [2.24, 2.45) is 10.8 Å². The van der Waals surface area contributed by atoms with Crippen LogP contribution in [-0.4, -0.2) is 79.6 Å². The van der Waals surface area contributed by atoms with Crippen LogP contribution < -0.4 is 0 Å². The highest BCUT2D eigenvalue weighted by atomic mass is 32.1. The Labute approximate surface area is 198 Å². The maximum atomic E-state index is 13.1. The smallest absolute Gasteiger partial charge is 0.323 e. The lowest BCUT2D eigenvalue weighted by Crippen LogP contribution is -2.75. The fraction of sp³-hybridized carbons (Fsp3) is 0.727. The Morgan fingerprint density at radius 3 is 2.38 bits per heavy atom. The first-order valence-electron chi connectivity index (χ1n) is 11.9. The van der Waals surface area contributed by atoms with Gasteiger partial charge >= 0.3 is 12.2 Å². The van der Waals surface area contributed by atoms with Gasteiger partial charge in [0, 0.05) is 68.5 Å². The number of rotatable bonds is 4. The number of alkyl halides is 3. The summed E-state index contributed by atoms with van der Waals surface area (Å²) in [5.74, 6) is 2.97. The van der Waals surface area contributed by atoms with Gasteiger partial charge in [0.15, 0.2) is 5.82 Å². The molecule has 0 unspecified atom stereocenters. The van der Waals surface area contributed by atoms with Gasteiger partial charge in [-0.3, -0.25) is 10.00 Å². The minimum absolute atomic E-state index is 0.0500. The van der Waals surface area contributed by atoms with Gasteiger partial charge in [0.05, 0.1) is 16.6 Å². The molecule has 2 aromatic rings. The van der Waals surface area contributed by atoms with E-state index in [1.165, 1.54) is 12.8 Å². The Morgan fingerprint density at radius 2 is 1.74 bits per heavy atom. The normalized spacial score (nSPS) is 25.7. The molecule has 0 radical (unpaired) electrons. The van der Waals surface area contributed by atoms with Crippen molar-refractivity contribution < 1.29 is 18.0 Å². The van der Waals surface area contributed by atoms with E-state index < -0.39 is 11.7 Å². The van der Waals surface area contributed by atoms with E-state index in [-0.39, 0.29) is 28.3 Å². The monoisotopic (exact) mass is 493 g/mol. The Morgan fingerprint density at radius 1 is 1.06 bits per heavy atom. The standard InChI is InChI=1S/C22H26F3N7OS/c23-22(24,25)15-5-26-34-16(15)6-30-7-21(8-30)11-32(12-21)19(33)31-9-20(10-31)3-14(4-20)18-27-17(28-29-18)13-1-2-13/h5,13-14H,1-4,6-12H2,(H,27,28,29). The lowest BCUT2D eigenvalue weighted by molar-refractivity contribution is -0.139. The van der Waals surface area contributed by atoms with Crippen molar-refractivity contribution >= 4 is 17.6 Å². The van der Waals surface area contributed by atoms with Gasteiger partial charge in [-0.2, -0.15) is 18.3 Å². The summed E-state index contributed by atoms with van der Waals surface area (Å²) in [6, 6.07) is 0.107. The number of urea groups is 1. The minimum Gasteiger partial charge on any atom is -0.323 e. The van der Waals surface area contributed by atoms with Crippen LogP contribution in [0.3, 0.4) is 0 Å². The van der Waals surface area contributed by atoms with E-state index in [1.807, 2.05) is 14.7 Å². The molecule has 0 aromatic carbocycles. The number of likely N-dealkylation sites (tertiary alicyclic amines) is 3. The topological polar surface area (TPSA) is 81.2 Å². The van der Waals surface area contributed by atoms with Gasteiger partial charge in [0.2, 0.25) is 0 Å². The number of aromatic amines is 1. The van der Waals surface area contributed by atoms with E-state index in [2.05, 4.69) is 19.6 Å². The predicted octanol–water partition coefficient (Wildman–Crippen LogP) is 3.27. The highest BCUT2D eigenvalue weighted by molar-refractivity contribution is 7.05. The van der Waals surface area contributed by atoms with Crippen molar-refractivity contribution in [3.8, 4) is 0 Å². The van der Waals surface area contributed by atoms with Crippen molar-refractivity contribution in [3.05, 3.63) is 28.3 Å². The van der Waals surface area contributed by atoms with Crippen LogP contribution in [0.4, 0.5) is 18.0 Å². The maximum Gasteiger partial charge on any atom is 0.419 e. The van der Waals surface area contributed by atoms with E-state index >= 15 is 0 Å². The molecule has 2 aliphatic carbocycles. The first-order valence-corrected chi connectivity index (χ1v) is 12.7. The van der Waals surface area contributed by atoms with Gasteiger partial charge in [0.25, 0.3) is 0 Å². The molecule has 0 atom stereocenters. The second kappa shape index (κ2) is 6.93. The zero-order valence-electron chi connectivity index (χ0n) is 18.6. The lowest BCUT2D eigenvalue weighted by atomic mass is 9.57. The second-order valence-electron chi connectivity index (χ2n) is 11.3. The fourth-order valence-corrected chi connectivity index (χ4v) is 7.25. The van der Waals surface area contributed by atoms with Crippen LogP contribution in [0.25, 0.3) is 0 Å². The van der Waals surface area contributed by atoms with Crippen molar-refractivity contribution in [1.29, 1.82) is 0 Å². The number of carbonyl (C=O) groups excluding carboxylic acids is 1. The molecule has 2 amide bonds. The van der Waals surface area contributed by atoms with Gasteiger partial charge in [-0.15, -0.1) is 0 Å². The molecule has 7 rings (SSSR count). The van der Waals surface area contributed by atoms with Crippen molar-refractivity contribution in [2.75, 3.05) is 39.3 Å². The molecule has 182 valence electrons. The zero-order valence-corrected chi connectivity index (χ0v) is 19.5. The van der Waals surface area contributed by atoms with Crippen LogP contribution >= 0.6 is 11.5 Å². The van der Waals surface area contributed by atoms with Crippen LogP contribution in [-0.2, 0) is 12.7 Å². The molecule has 2 aromatic heterocycles.